The summed E-state index contributed by atoms with van der Waals surface area (Å²) in [7, 11) is 1.53. The Hall–Kier alpha value is -4.25. The Morgan fingerprint density at radius 2 is 1.97 bits per heavy atom. The predicted octanol–water partition coefficient (Wildman–Crippen LogP) is 2.49. The van der Waals surface area contributed by atoms with Crippen LogP contribution in [-0.4, -0.2) is 29.0 Å². The van der Waals surface area contributed by atoms with Gasteiger partial charge in [0.2, 0.25) is 0 Å². The predicted molar refractivity (Wildman–Crippen MR) is 112 cm³/mol. The van der Waals surface area contributed by atoms with Crippen LogP contribution in [-0.2, 0) is 0 Å². The van der Waals surface area contributed by atoms with E-state index in [0.29, 0.717) is 11.4 Å². The van der Waals surface area contributed by atoms with Gasteiger partial charge in [-0.25, -0.2) is 5.43 Å². The first-order valence-corrected chi connectivity index (χ1v) is 9.03. The molecule has 8 heteroatoms. The maximum Gasteiger partial charge on any atom is 0.292 e. The van der Waals surface area contributed by atoms with Gasteiger partial charge in [0.1, 0.15) is 17.4 Å². The van der Waals surface area contributed by atoms with Crippen LogP contribution in [0.1, 0.15) is 32.7 Å². The van der Waals surface area contributed by atoms with E-state index in [1.54, 1.807) is 24.3 Å². The number of hydrogen-bond acceptors (Lipinski definition) is 6. The van der Waals surface area contributed by atoms with Gasteiger partial charge < -0.3 is 4.74 Å². The number of amides is 1. The first-order valence-electron chi connectivity index (χ1n) is 9.03. The van der Waals surface area contributed by atoms with E-state index < -0.39 is 11.5 Å². The Balaban J connectivity index is 1.96. The third-order valence-electron chi connectivity index (χ3n) is 4.40. The van der Waals surface area contributed by atoms with Crippen molar-refractivity contribution in [3.63, 3.8) is 0 Å². The quantitative estimate of drug-likeness (QED) is 0.522. The number of aromatic nitrogens is 2. The largest absolute Gasteiger partial charge is 0.497 e. The van der Waals surface area contributed by atoms with Gasteiger partial charge in [-0.2, -0.15) is 20.1 Å². The van der Waals surface area contributed by atoms with Gasteiger partial charge in [0.05, 0.1) is 19.0 Å². The molecule has 150 valence electrons. The van der Waals surface area contributed by atoms with E-state index in [2.05, 4.69) is 15.6 Å². The molecule has 0 unspecified atom stereocenters. The fourth-order valence-electron chi connectivity index (χ4n) is 2.82. The van der Waals surface area contributed by atoms with Crippen LogP contribution in [0.2, 0.25) is 0 Å². The SMILES string of the molecule is COc1ccc(-n2nc(C(=O)N/N=C/c3cccc(C)c3)c(C)c(C#N)c2=O)cc1. The number of hydrazone groups is 1. The molecule has 1 N–H and O–H groups in total. The van der Waals surface area contributed by atoms with Crippen LogP contribution in [0.25, 0.3) is 5.69 Å². The van der Waals surface area contributed by atoms with Crippen molar-refractivity contribution in [3.05, 3.63) is 86.8 Å². The van der Waals surface area contributed by atoms with E-state index >= 15 is 0 Å². The lowest BCUT2D eigenvalue weighted by atomic mass is 10.1. The zero-order valence-electron chi connectivity index (χ0n) is 16.7. The molecule has 0 atom stereocenters. The van der Waals surface area contributed by atoms with E-state index in [1.165, 1.54) is 20.2 Å². The van der Waals surface area contributed by atoms with Gasteiger partial charge in [-0.3, -0.25) is 9.59 Å². The molecule has 0 spiro atoms. The molecular weight excluding hydrogens is 382 g/mol. The van der Waals surface area contributed by atoms with Crippen LogP contribution < -0.4 is 15.7 Å². The van der Waals surface area contributed by atoms with E-state index in [9.17, 15) is 14.9 Å². The van der Waals surface area contributed by atoms with Crippen LogP contribution in [0, 0.1) is 25.2 Å². The maximum atomic E-state index is 12.7. The fraction of sp³-hybridized carbons (Fsp3) is 0.136. The number of hydrogen-bond donors (Lipinski definition) is 1. The minimum Gasteiger partial charge on any atom is -0.497 e. The highest BCUT2D eigenvalue weighted by atomic mass is 16.5. The molecule has 0 saturated heterocycles. The molecule has 3 aromatic rings. The monoisotopic (exact) mass is 401 g/mol. The minimum atomic E-state index is -0.629. The number of nitriles is 1. The number of carbonyl (C=O) groups is 1. The van der Waals surface area contributed by atoms with Gasteiger partial charge in [-0.05, 0) is 43.7 Å². The summed E-state index contributed by atoms with van der Waals surface area (Å²) < 4.78 is 6.13. The summed E-state index contributed by atoms with van der Waals surface area (Å²) in [6.07, 6.45) is 1.50. The summed E-state index contributed by atoms with van der Waals surface area (Å²) in [5, 5.41) is 17.6. The zero-order valence-corrected chi connectivity index (χ0v) is 16.7. The molecular formula is C22H19N5O3. The number of carbonyl (C=O) groups excluding carboxylic acids is 1. The molecule has 0 bridgehead atoms. The Bertz CT molecular complexity index is 1220. The Morgan fingerprint density at radius 1 is 1.23 bits per heavy atom. The summed E-state index contributed by atoms with van der Waals surface area (Å²) in [6.45, 7) is 3.46. The molecule has 0 aliphatic carbocycles. The lowest BCUT2D eigenvalue weighted by Crippen LogP contribution is -2.31. The molecule has 0 aliphatic heterocycles. The smallest absolute Gasteiger partial charge is 0.292 e. The highest BCUT2D eigenvalue weighted by Crippen LogP contribution is 2.15. The van der Waals surface area contributed by atoms with E-state index in [-0.39, 0.29) is 16.8 Å². The third kappa shape index (κ3) is 4.25. The minimum absolute atomic E-state index is 0.0663. The van der Waals surface area contributed by atoms with Crippen LogP contribution in [0.4, 0.5) is 0 Å². The van der Waals surface area contributed by atoms with Gasteiger partial charge in [-0.1, -0.05) is 29.8 Å². The third-order valence-corrected chi connectivity index (χ3v) is 4.40. The second-order valence-corrected chi connectivity index (χ2v) is 6.49. The summed E-state index contributed by atoms with van der Waals surface area (Å²) >= 11 is 0. The van der Waals surface area contributed by atoms with Crippen LogP contribution in [0.15, 0.2) is 58.4 Å². The van der Waals surface area contributed by atoms with Gasteiger partial charge in [0, 0.05) is 5.56 Å². The zero-order chi connectivity index (χ0) is 21.7. The second kappa shape index (κ2) is 8.84. The summed E-state index contributed by atoms with van der Waals surface area (Å²) in [6, 6.07) is 16.0. The average molecular weight is 401 g/mol. The van der Waals surface area contributed by atoms with Crippen molar-refractivity contribution in [2.75, 3.05) is 7.11 Å². The molecule has 1 amide bonds. The second-order valence-electron chi connectivity index (χ2n) is 6.49. The van der Waals surface area contributed by atoms with Crippen molar-refractivity contribution in [1.29, 1.82) is 5.26 Å². The maximum absolute atomic E-state index is 12.7. The number of nitrogens with one attached hydrogen (secondary N) is 1. The number of benzene rings is 2. The van der Waals surface area contributed by atoms with Crippen molar-refractivity contribution in [2.24, 2.45) is 5.10 Å². The van der Waals surface area contributed by atoms with Crippen molar-refractivity contribution in [1.82, 2.24) is 15.2 Å². The van der Waals surface area contributed by atoms with Gasteiger partial charge in [0.25, 0.3) is 11.5 Å². The highest BCUT2D eigenvalue weighted by Gasteiger charge is 2.20. The van der Waals surface area contributed by atoms with Gasteiger partial charge >= 0.3 is 0 Å². The van der Waals surface area contributed by atoms with Crippen LogP contribution in [0.5, 0.6) is 5.75 Å². The normalized spacial score (nSPS) is 10.6. The number of aryl methyl sites for hydroxylation is 1. The molecule has 3 rings (SSSR count). The standard InChI is InChI=1S/C22H19N5O3/c1-14-5-4-6-16(11-14)13-24-25-21(28)20-15(2)19(12-23)22(29)27(26-20)17-7-9-18(30-3)10-8-17/h4-11,13H,1-3H3,(H,25,28)/b24-13+. The van der Waals surface area contributed by atoms with Crippen molar-refractivity contribution >= 4 is 12.1 Å². The number of ether oxygens (including phenoxy) is 1. The lowest BCUT2D eigenvalue weighted by molar-refractivity contribution is 0.0947. The number of methoxy groups -OCH3 is 1. The van der Waals surface area contributed by atoms with Crippen LogP contribution >= 0.6 is 0 Å². The highest BCUT2D eigenvalue weighted by molar-refractivity contribution is 5.94. The molecule has 0 fully saturated rings. The Labute approximate surface area is 173 Å². The molecule has 0 saturated carbocycles. The van der Waals surface area contributed by atoms with E-state index in [4.69, 9.17) is 4.74 Å². The molecule has 1 aromatic heterocycles. The summed E-state index contributed by atoms with van der Waals surface area (Å²) in [5.74, 6) is -0.0296. The van der Waals surface area contributed by atoms with E-state index in [1.807, 2.05) is 37.3 Å². The summed E-state index contributed by atoms with van der Waals surface area (Å²) in [4.78, 5) is 25.3. The number of rotatable bonds is 5. The summed E-state index contributed by atoms with van der Waals surface area (Å²) in [5.41, 5.74) is 4.03. The molecule has 2 aromatic carbocycles. The average Bonchev–Trinajstić information content (AvgIpc) is 2.74. The van der Waals surface area contributed by atoms with Gasteiger partial charge in [0.15, 0.2) is 5.69 Å². The van der Waals surface area contributed by atoms with E-state index in [0.717, 1.165) is 15.8 Å². The topological polar surface area (TPSA) is 109 Å². The molecule has 1 heterocycles. The first kappa shape index (κ1) is 20.5. The van der Waals surface area contributed by atoms with Crippen molar-refractivity contribution in [3.8, 4) is 17.5 Å². The van der Waals surface area contributed by atoms with Crippen molar-refractivity contribution < 1.29 is 9.53 Å². The van der Waals surface area contributed by atoms with Crippen molar-refractivity contribution in [2.45, 2.75) is 13.8 Å². The lowest BCUT2D eigenvalue weighted by Gasteiger charge is -2.11. The molecule has 8 nitrogen and oxygen atoms in total. The Kier molecular flexibility index (Phi) is 6.03. The first-order chi connectivity index (χ1) is 14.4. The fourth-order valence-corrected chi connectivity index (χ4v) is 2.82. The number of nitrogens with zero attached hydrogens (tertiary/aromatic N) is 4. The molecule has 30 heavy (non-hydrogen) atoms. The molecule has 0 radical (unpaired) electrons. The van der Waals surface area contributed by atoms with Crippen LogP contribution in [0.3, 0.4) is 0 Å². The molecule has 0 aliphatic rings. The Morgan fingerprint density at radius 3 is 2.60 bits per heavy atom. The van der Waals surface area contributed by atoms with Gasteiger partial charge in [-0.15, -0.1) is 0 Å².